The summed E-state index contributed by atoms with van der Waals surface area (Å²) < 4.78 is 5.50. The topological polar surface area (TPSA) is 91.7 Å². The van der Waals surface area contributed by atoms with Crippen LogP contribution in [0.4, 0.5) is 10.5 Å². The van der Waals surface area contributed by atoms with E-state index >= 15 is 0 Å². The highest BCUT2D eigenvalue weighted by atomic mass is 16.3. The fourth-order valence-corrected chi connectivity index (χ4v) is 3.48. The van der Waals surface area contributed by atoms with Crippen LogP contribution in [0, 0.1) is 27.7 Å². The van der Waals surface area contributed by atoms with E-state index in [1.54, 1.807) is 26.8 Å². The normalized spacial score (nSPS) is 19.4. The van der Waals surface area contributed by atoms with E-state index in [0.29, 0.717) is 22.8 Å². The first kappa shape index (κ1) is 18.7. The molecule has 1 atom stereocenters. The van der Waals surface area contributed by atoms with Crippen LogP contribution < -0.4 is 10.6 Å². The maximum Gasteiger partial charge on any atom is 0.325 e. The van der Waals surface area contributed by atoms with Gasteiger partial charge in [-0.3, -0.25) is 14.5 Å². The Balaban J connectivity index is 1.80. The van der Waals surface area contributed by atoms with Crippen molar-refractivity contribution in [1.29, 1.82) is 0 Å². The number of nitrogens with zero attached hydrogens (tertiary/aromatic N) is 1. The number of furan rings is 1. The number of hydrogen-bond acceptors (Lipinski definition) is 4. The summed E-state index contributed by atoms with van der Waals surface area (Å²) in [6.45, 7) is 8.55. The lowest BCUT2D eigenvalue weighted by molar-refractivity contribution is -0.133. The van der Waals surface area contributed by atoms with Crippen LogP contribution in [0.2, 0.25) is 0 Å². The van der Waals surface area contributed by atoms with Crippen molar-refractivity contribution in [2.75, 3.05) is 11.9 Å². The van der Waals surface area contributed by atoms with Gasteiger partial charge < -0.3 is 15.1 Å². The van der Waals surface area contributed by atoms with Crippen molar-refractivity contribution < 1.29 is 18.8 Å². The Hall–Kier alpha value is -3.09. The highest BCUT2D eigenvalue weighted by molar-refractivity contribution is 6.10. The second kappa shape index (κ2) is 6.57. The predicted molar refractivity (Wildman–Crippen MR) is 100 cm³/mol. The van der Waals surface area contributed by atoms with E-state index < -0.39 is 23.4 Å². The second-order valence-electron chi connectivity index (χ2n) is 7.09. The molecule has 0 bridgehead atoms. The summed E-state index contributed by atoms with van der Waals surface area (Å²) in [5, 5.41) is 5.49. The number of carbonyl (C=O) groups excluding carboxylic acids is 3. The van der Waals surface area contributed by atoms with Gasteiger partial charge in [-0.15, -0.1) is 0 Å². The molecule has 4 amide bonds. The lowest BCUT2D eigenvalue weighted by atomic mass is 9.92. The van der Waals surface area contributed by atoms with E-state index in [1.807, 2.05) is 32.0 Å². The summed E-state index contributed by atoms with van der Waals surface area (Å²) in [6.07, 6.45) is 0. The number of hydrogen-bond donors (Lipinski definition) is 2. The van der Waals surface area contributed by atoms with Gasteiger partial charge in [0.1, 0.15) is 23.6 Å². The van der Waals surface area contributed by atoms with E-state index in [9.17, 15) is 14.4 Å². The number of anilines is 1. The second-order valence-corrected chi connectivity index (χ2v) is 7.09. The van der Waals surface area contributed by atoms with Crippen LogP contribution in [0.15, 0.2) is 28.7 Å². The average Bonchev–Trinajstić information content (AvgIpc) is 3.03. The van der Waals surface area contributed by atoms with E-state index in [0.717, 1.165) is 16.0 Å². The molecule has 1 unspecified atom stereocenters. The largest absolute Gasteiger partial charge is 0.466 e. The smallest absolute Gasteiger partial charge is 0.325 e. The third kappa shape index (κ3) is 3.20. The van der Waals surface area contributed by atoms with E-state index in [1.165, 1.54) is 0 Å². The Morgan fingerprint density at radius 3 is 2.37 bits per heavy atom. The number of benzene rings is 1. The van der Waals surface area contributed by atoms with Gasteiger partial charge in [0.05, 0.1) is 0 Å². The molecular formula is C20H23N3O4. The van der Waals surface area contributed by atoms with Gasteiger partial charge in [-0.2, -0.15) is 0 Å². The summed E-state index contributed by atoms with van der Waals surface area (Å²) in [5.74, 6) is 0.302. The first-order chi connectivity index (χ1) is 12.6. The molecule has 7 nitrogen and oxygen atoms in total. The SMILES string of the molecule is Cc1cc(C2(C)NC(=O)N(CC(=O)Nc3c(C)cccc3C)C2=O)c(C)o1. The first-order valence-corrected chi connectivity index (χ1v) is 8.71. The molecule has 0 saturated carbocycles. The Kier molecular flexibility index (Phi) is 4.55. The van der Waals surface area contributed by atoms with Gasteiger partial charge in [0.25, 0.3) is 5.91 Å². The Morgan fingerprint density at radius 1 is 1.19 bits per heavy atom. The molecule has 0 spiro atoms. The Bertz CT molecular complexity index is 926. The molecule has 7 heteroatoms. The van der Waals surface area contributed by atoms with Crippen LogP contribution >= 0.6 is 0 Å². The average molecular weight is 369 g/mol. The van der Waals surface area contributed by atoms with E-state index in [-0.39, 0.29) is 6.54 Å². The van der Waals surface area contributed by atoms with Gasteiger partial charge in [-0.1, -0.05) is 18.2 Å². The molecule has 0 aliphatic carbocycles. The molecule has 2 N–H and O–H groups in total. The molecule has 142 valence electrons. The van der Waals surface area contributed by atoms with Gasteiger partial charge in [-0.25, -0.2) is 4.79 Å². The summed E-state index contributed by atoms with van der Waals surface area (Å²) in [7, 11) is 0. The minimum Gasteiger partial charge on any atom is -0.466 e. The highest BCUT2D eigenvalue weighted by Crippen LogP contribution is 2.32. The van der Waals surface area contributed by atoms with Crippen molar-refractivity contribution in [3.8, 4) is 0 Å². The third-order valence-electron chi connectivity index (χ3n) is 4.90. The zero-order valence-electron chi connectivity index (χ0n) is 16.1. The van der Waals surface area contributed by atoms with Crippen LogP contribution in [-0.2, 0) is 15.1 Å². The minimum absolute atomic E-state index is 0.357. The summed E-state index contributed by atoms with van der Waals surface area (Å²) in [4.78, 5) is 38.8. The highest BCUT2D eigenvalue weighted by Gasteiger charge is 2.51. The van der Waals surface area contributed by atoms with Crippen molar-refractivity contribution >= 4 is 23.5 Å². The molecule has 0 radical (unpaired) electrons. The van der Waals surface area contributed by atoms with Gasteiger partial charge in [0.15, 0.2) is 0 Å². The molecule has 1 aliphatic rings. The number of para-hydroxylation sites is 1. The summed E-state index contributed by atoms with van der Waals surface area (Å²) >= 11 is 0. The van der Waals surface area contributed by atoms with Gasteiger partial charge in [-0.05, 0) is 51.8 Å². The maximum atomic E-state index is 12.9. The van der Waals surface area contributed by atoms with Crippen molar-refractivity contribution in [3.63, 3.8) is 0 Å². The molecule has 27 heavy (non-hydrogen) atoms. The molecule has 1 fully saturated rings. The standard InChI is InChI=1S/C20H23N3O4/c1-11-7-6-8-12(2)17(11)21-16(24)10-23-18(25)20(5,22-19(23)26)15-9-13(3)27-14(15)4/h6-9H,10H2,1-5H3,(H,21,24)(H,22,26). The number of amides is 4. The van der Waals surface area contributed by atoms with Crippen LogP contribution in [0.5, 0.6) is 0 Å². The maximum absolute atomic E-state index is 12.9. The number of carbonyl (C=O) groups is 3. The molecule has 1 aromatic carbocycles. The lowest BCUT2D eigenvalue weighted by Crippen LogP contribution is -2.42. The molecule has 1 aliphatic heterocycles. The number of urea groups is 1. The zero-order valence-corrected chi connectivity index (χ0v) is 16.1. The van der Waals surface area contributed by atoms with Gasteiger partial charge in [0.2, 0.25) is 5.91 Å². The van der Waals surface area contributed by atoms with Crippen molar-refractivity contribution in [3.05, 3.63) is 52.5 Å². The van der Waals surface area contributed by atoms with Crippen LogP contribution in [-0.4, -0.2) is 29.3 Å². The van der Waals surface area contributed by atoms with E-state index in [2.05, 4.69) is 10.6 Å². The number of aryl methyl sites for hydroxylation is 4. The molecule has 1 aromatic heterocycles. The number of imide groups is 1. The van der Waals surface area contributed by atoms with Gasteiger partial charge >= 0.3 is 6.03 Å². The quantitative estimate of drug-likeness (QED) is 0.811. The van der Waals surface area contributed by atoms with Crippen molar-refractivity contribution in [1.82, 2.24) is 10.2 Å². The van der Waals surface area contributed by atoms with E-state index in [4.69, 9.17) is 4.42 Å². The zero-order chi connectivity index (χ0) is 19.9. The third-order valence-corrected chi connectivity index (χ3v) is 4.90. The molecular weight excluding hydrogens is 346 g/mol. The Morgan fingerprint density at radius 2 is 1.81 bits per heavy atom. The minimum atomic E-state index is -1.25. The first-order valence-electron chi connectivity index (χ1n) is 8.71. The fraction of sp³-hybridized carbons (Fsp3) is 0.350. The lowest BCUT2D eigenvalue weighted by Gasteiger charge is -2.21. The Labute approximate surface area is 157 Å². The van der Waals surface area contributed by atoms with Gasteiger partial charge in [0, 0.05) is 11.3 Å². The van der Waals surface area contributed by atoms with Crippen LogP contribution in [0.1, 0.15) is 35.1 Å². The predicted octanol–water partition coefficient (Wildman–Crippen LogP) is 2.92. The molecule has 2 aromatic rings. The summed E-state index contributed by atoms with van der Waals surface area (Å²) in [5.41, 5.74) is 1.86. The number of nitrogens with one attached hydrogen (secondary N) is 2. The molecule has 3 rings (SSSR count). The van der Waals surface area contributed by atoms with Crippen molar-refractivity contribution in [2.24, 2.45) is 0 Å². The summed E-state index contributed by atoms with van der Waals surface area (Å²) in [6, 6.07) is 6.80. The number of rotatable bonds is 4. The fourth-order valence-electron chi connectivity index (χ4n) is 3.48. The molecule has 2 heterocycles. The molecule has 1 saturated heterocycles. The monoisotopic (exact) mass is 369 g/mol. The van der Waals surface area contributed by atoms with Crippen LogP contribution in [0.25, 0.3) is 0 Å². The van der Waals surface area contributed by atoms with Crippen molar-refractivity contribution in [2.45, 2.75) is 40.2 Å². The van der Waals surface area contributed by atoms with Crippen LogP contribution in [0.3, 0.4) is 0 Å².